The van der Waals surface area contributed by atoms with E-state index in [0.717, 1.165) is 6.92 Å². The molecule has 0 saturated carbocycles. The molecule has 3 aliphatic rings. The van der Waals surface area contributed by atoms with Gasteiger partial charge < -0.3 is 80.1 Å². The zero-order valence-electron chi connectivity index (χ0n) is 20.1. The minimum Gasteiger partial charge on any atom is -0.479 e. The van der Waals surface area contributed by atoms with Crippen LogP contribution in [-0.2, 0) is 38.1 Å². The molecule has 0 spiro atoms. The second-order valence-corrected chi connectivity index (χ2v) is 9.15. The summed E-state index contributed by atoms with van der Waals surface area (Å²) < 4.78 is 26.3. The Kier molecular flexibility index (Phi) is 10.1. The summed E-state index contributed by atoms with van der Waals surface area (Å²) in [6.45, 7) is 0.0676. The molecule has 15 atom stereocenters. The van der Waals surface area contributed by atoms with E-state index in [0.29, 0.717) is 0 Å². The lowest BCUT2D eigenvalue weighted by Crippen LogP contribution is -2.70. The highest BCUT2D eigenvalue weighted by molar-refractivity contribution is 5.74. The summed E-state index contributed by atoms with van der Waals surface area (Å²) in [6.07, 6.45) is -27.9. The number of carboxylic acid groups (broad SMARTS) is 2. The van der Waals surface area contributed by atoms with Crippen LogP contribution in [0.25, 0.3) is 0 Å². The number of aliphatic hydroxyl groups excluding tert-OH is 8. The fourth-order valence-corrected chi connectivity index (χ4v) is 4.41. The summed E-state index contributed by atoms with van der Waals surface area (Å²) in [7, 11) is 0. The van der Waals surface area contributed by atoms with E-state index in [1.165, 1.54) is 0 Å². The number of hydrogen-bond donors (Lipinski definition) is 11. The monoisotopic (exact) mass is 573 g/mol. The van der Waals surface area contributed by atoms with Gasteiger partial charge in [-0.25, -0.2) is 9.59 Å². The average Bonchev–Trinajstić information content (AvgIpc) is 2.86. The van der Waals surface area contributed by atoms with Crippen LogP contribution < -0.4 is 5.32 Å². The summed E-state index contributed by atoms with van der Waals surface area (Å²) >= 11 is 0. The molecule has 1 amide bonds. The number of rotatable bonds is 8. The molecular formula is C20H31NO18. The summed E-state index contributed by atoms with van der Waals surface area (Å²) in [4.78, 5) is 35.1. The fourth-order valence-electron chi connectivity index (χ4n) is 4.41. The highest BCUT2D eigenvalue weighted by atomic mass is 16.7. The molecule has 3 rings (SSSR count). The Bertz CT molecular complexity index is 891. The molecule has 3 aliphatic heterocycles. The molecule has 0 aromatic heterocycles. The highest BCUT2D eigenvalue weighted by Crippen LogP contribution is 2.32. The standard InChI is InChI=1S/C20H31NO18/c1-3(23)21-5-12(37-20-11(29)7(25)8(26)14(39-20)16(30)31)6(24)4(2-22)35-19(5)38-13-9(27)10(28)18(34)36-15(13)17(32)33/h4-15,18-20,22,24-29,34H,2H2,1H3,(H,21,23)(H,30,31)(H,32,33)/t4-,5-,6+,7+,8+,9-,10-,11-,12-,13+,14+,15+,18?,19+,20-/m1/s1. The molecule has 0 bridgehead atoms. The van der Waals surface area contributed by atoms with Gasteiger partial charge in [0.05, 0.1) is 6.61 Å². The molecule has 0 aromatic rings. The largest absolute Gasteiger partial charge is 0.479 e. The van der Waals surface area contributed by atoms with E-state index < -0.39 is 117 Å². The zero-order chi connectivity index (χ0) is 29.3. The molecule has 19 heteroatoms. The van der Waals surface area contributed by atoms with E-state index in [2.05, 4.69) is 5.32 Å². The van der Waals surface area contributed by atoms with E-state index in [4.69, 9.17) is 23.7 Å². The fraction of sp³-hybridized carbons (Fsp3) is 0.850. The van der Waals surface area contributed by atoms with Gasteiger partial charge in [-0.2, -0.15) is 0 Å². The Morgan fingerprint density at radius 1 is 0.692 bits per heavy atom. The minimum absolute atomic E-state index is 0.810. The third-order valence-electron chi connectivity index (χ3n) is 6.43. The smallest absolute Gasteiger partial charge is 0.335 e. The van der Waals surface area contributed by atoms with Crippen molar-refractivity contribution in [2.45, 2.75) is 99.0 Å². The van der Waals surface area contributed by atoms with Crippen LogP contribution >= 0.6 is 0 Å². The molecule has 0 radical (unpaired) electrons. The Labute approximate surface area is 218 Å². The van der Waals surface area contributed by atoms with Gasteiger partial charge in [-0.1, -0.05) is 0 Å². The van der Waals surface area contributed by atoms with E-state index in [1.54, 1.807) is 0 Å². The van der Waals surface area contributed by atoms with Crippen molar-refractivity contribution in [3.05, 3.63) is 0 Å². The SMILES string of the molecule is CC(=O)N[C@H]1[C@H](O[C@H]2[C@H](O)[C@@H](O)C(O)O[C@@H]2C(=O)O)O[C@H](CO)[C@H](O)[C@@H]1O[C@@H]1O[C@H](C(=O)O)[C@@H](O)[C@H](O)[C@H]1O. The van der Waals surface area contributed by atoms with E-state index >= 15 is 0 Å². The van der Waals surface area contributed by atoms with Crippen molar-refractivity contribution >= 4 is 17.8 Å². The van der Waals surface area contributed by atoms with Gasteiger partial charge in [0.2, 0.25) is 5.91 Å². The first-order chi connectivity index (χ1) is 18.2. The number of hydrogen-bond acceptors (Lipinski definition) is 16. The minimum atomic E-state index is -2.11. The quantitative estimate of drug-likeness (QED) is 0.128. The molecular weight excluding hydrogens is 542 g/mol. The van der Waals surface area contributed by atoms with E-state index in [9.17, 15) is 65.4 Å². The number of amides is 1. The van der Waals surface area contributed by atoms with Crippen LogP contribution in [0.15, 0.2) is 0 Å². The third-order valence-corrected chi connectivity index (χ3v) is 6.43. The van der Waals surface area contributed by atoms with Crippen LogP contribution in [0.2, 0.25) is 0 Å². The number of carbonyl (C=O) groups excluding carboxylic acids is 1. The molecule has 3 heterocycles. The molecule has 3 saturated heterocycles. The van der Waals surface area contributed by atoms with Crippen LogP contribution in [0.4, 0.5) is 0 Å². The molecule has 224 valence electrons. The number of ether oxygens (including phenoxy) is 5. The van der Waals surface area contributed by atoms with Crippen LogP contribution in [0.3, 0.4) is 0 Å². The summed E-state index contributed by atoms with van der Waals surface area (Å²) in [5.74, 6) is -4.29. The molecule has 39 heavy (non-hydrogen) atoms. The molecule has 0 aliphatic carbocycles. The Morgan fingerprint density at radius 2 is 1.28 bits per heavy atom. The van der Waals surface area contributed by atoms with Gasteiger partial charge >= 0.3 is 11.9 Å². The summed E-state index contributed by atoms with van der Waals surface area (Å²) in [5, 5.41) is 102. The molecule has 0 aromatic carbocycles. The maximum absolute atomic E-state index is 12.0. The van der Waals surface area contributed by atoms with Crippen LogP contribution in [0.1, 0.15) is 6.92 Å². The first-order valence-corrected chi connectivity index (χ1v) is 11.6. The van der Waals surface area contributed by atoms with Gasteiger partial charge in [-0.15, -0.1) is 0 Å². The first-order valence-electron chi connectivity index (χ1n) is 11.6. The van der Waals surface area contributed by atoms with Crippen molar-refractivity contribution in [2.24, 2.45) is 0 Å². The lowest BCUT2D eigenvalue weighted by atomic mass is 9.94. The van der Waals surface area contributed by atoms with Gasteiger partial charge in [0.25, 0.3) is 0 Å². The lowest BCUT2D eigenvalue weighted by Gasteiger charge is -2.48. The molecule has 19 nitrogen and oxygen atoms in total. The van der Waals surface area contributed by atoms with Gasteiger partial charge in [-0.05, 0) is 0 Å². The third kappa shape index (κ3) is 6.46. The Morgan fingerprint density at radius 3 is 1.82 bits per heavy atom. The van der Waals surface area contributed by atoms with Crippen LogP contribution in [-0.4, -0.2) is 168 Å². The van der Waals surface area contributed by atoms with Crippen molar-refractivity contribution in [1.29, 1.82) is 0 Å². The van der Waals surface area contributed by atoms with E-state index in [-0.39, 0.29) is 0 Å². The van der Waals surface area contributed by atoms with Gasteiger partial charge in [0, 0.05) is 6.92 Å². The first kappa shape index (κ1) is 31.4. The second kappa shape index (κ2) is 12.6. The maximum Gasteiger partial charge on any atom is 0.335 e. The topological polar surface area (TPSA) is 312 Å². The maximum atomic E-state index is 12.0. The number of aliphatic carboxylic acids is 2. The Hall–Kier alpha value is -2.11. The summed E-state index contributed by atoms with van der Waals surface area (Å²) in [5.41, 5.74) is 0. The summed E-state index contributed by atoms with van der Waals surface area (Å²) in [6, 6.07) is -1.67. The Balaban J connectivity index is 1.94. The van der Waals surface area contributed by atoms with Gasteiger partial charge in [0.15, 0.2) is 31.1 Å². The second-order valence-electron chi connectivity index (χ2n) is 9.15. The van der Waals surface area contributed by atoms with Crippen LogP contribution in [0, 0.1) is 0 Å². The van der Waals surface area contributed by atoms with Crippen molar-refractivity contribution in [3.8, 4) is 0 Å². The number of nitrogens with one attached hydrogen (secondary N) is 1. The number of carbonyl (C=O) groups is 3. The van der Waals surface area contributed by atoms with Crippen molar-refractivity contribution < 1.29 is 89.1 Å². The van der Waals surface area contributed by atoms with E-state index in [1.807, 2.05) is 0 Å². The number of aliphatic hydroxyl groups is 8. The van der Waals surface area contributed by atoms with Crippen LogP contribution in [0.5, 0.6) is 0 Å². The zero-order valence-corrected chi connectivity index (χ0v) is 20.1. The van der Waals surface area contributed by atoms with Gasteiger partial charge in [0.1, 0.15) is 61.0 Å². The van der Waals surface area contributed by atoms with Crippen molar-refractivity contribution in [1.82, 2.24) is 5.32 Å². The van der Waals surface area contributed by atoms with Crippen molar-refractivity contribution in [3.63, 3.8) is 0 Å². The highest BCUT2D eigenvalue weighted by Gasteiger charge is 2.55. The number of carboxylic acids is 2. The molecule has 3 fully saturated rings. The normalized spacial score (nSPS) is 46.8. The predicted octanol–water partition coefficient (Wildman–Crippen LogP) is -7.24. The molecule has 1 unspecified atom stereocenters. The van der Waals surface area contributed by atoms with Crippen molar-refractivity contribution in [2.75, 3.05) is 6.61 Å². The average molecular weight is 573 g/mol. The lowest BCUT2D eigenvalue weighted by molar-refractivity contribution is -0.358. The predicted molar refractivity (Wildman–Crippen MR) is 114 cm³/mol. The molecule has 11 N–H and O–H groups in total. The van der Waals surface area contributed by atoms with Gasteiger partial charge in [-0.3, -0.25) is 4.79 Å².